The molecule has 0 aliphatic heterocycles. The average molecular weight is 322 g/mol. The fraction of sp³-hybridized carbons (Fsp3) is 0.478. The van der Waals surface area contributed by atoms with Gasteiger partial charge in [-0.05, 0) is 88.2 Å². The molecule has 2 aromatic rings. The number of benzene rings is 2. The number of aryl methyl sites for hydroxylation is 2. The summed E-state index contributed by atoms with van der Waals surface area (Å²) >= 11 is 0. The molecule has 2 atom stereocenters. The van der Waals surface area contributed by atoms with Crippen molar-refractivity contribution in [1.29, 1.82) is 0 Å². The van der Waals surface area contributed by atoms with Gasteiger partial charge in [-0.2, -0.15) is 0 Å². The van der Waals surface area contributed by atoms with Gasteiger partial charge in [-0.15, -0.1) is 0 Å². The number of rotatable bonds is 5. The molecule has 1 aliphatic rings. The highest BCUT2D eigenvalue weighted by molar-refractivity contribution is 5.36. The van der Waals surface area contributed by atoms with Crippen molar-refractivity contribution in [2.75, 3.05) is 20.6 Å². The second kappa shape index (κ2) is 7.98. The predicted molar refractivity (Wildman–Crippen MR) is 104 cm³/mol. The van der Waals surface area contributed by atoms with E-state index in [1.807, 2.05) is 0 Å². The predicted octanol–water partition coefficient (Wildman–Crippen LogP) is 5.54. The first-order valence-corrected chi connectivity index (χ1v) is 9.44. The van der Waals surface area contributed by atoms with E-state index in [1.54, 1.807) is 11.1 Å². The smallest absolute Gasteiger partial charge is 0.00246 e. The molecule has 0 saturated heterocycles. The molecule has 24 heavy (non-hydrogen) atoms. The Labute approximate surface area is 147 Å². The summed E-state index contributed by atoms with van der Waals surface area (Å²) in [6, 6.07) is 18.5. The van der Waals surface area contributed by atoms with Crippen LogP contribution in [0.15, 0.2) is 48.5 Å². The van der Waals surface area contributed by atoms with Crippen LogP contribution in [-0.4, -0.2) is 25.5 Å². The molecule has 0 saturated carbocycles. The van der Waals surface area contributed by atoms with Crippen LogP contribution in [0.2, 0.25) is 0 Å². The zero-order chi connectivity index (χ0) is 16.9. The molecule has 0 radical (unpaired) electrons. The highest BCUT2D eigenvalue weighted by atomic mass is 15.0. The van der Waals surface area contributed by atoms with E-state index in [0.717, 1.165) is 0 Å². The lowest BCUT2D eigenvalue weighted by atomic mass is 9.77. The van der Waals surface area contributed by atoms with Crippen LogP contribution in [0.25, 0.3) is 0 Å². The minimum Gasteiger partial charge on any atom is -0.309 e. The molecule has 0 amide bonds. The third-order valence-electron chi connectivity index (χ3n) is 5.53. The summed E-state index contributed by atoms with van der Waals surface area (Å²) in [6.07, 6.45) is 6.41. The lowest BCUT2D eigenvalue weighted by Crippen LogP contribution is -2.16. The molecular formula is C23H31N. The molecule has 0 bridgehead atoms. The summed E-state index contributed by atoms with van der Waals surface area (Å²) in [6.45, 7) is 3.36. The van der Waals surface area contributed by atoms with Gasteiger partial charge in [0.25, 0.3) is 0 Å². The zero-order valence-corrected chi connectivity index (χ0v) is 15.5. The van der Waals surface area contributed by atoms with E-state index >= 15 is 0 Å². The van der Waals surface area contributed by atoms with E-state index in [-0.39, 0.29) is 0 Å². The second-order valence-electron chi connectivity index (χ2n) is 7.66. The van der Waals surface area contributed by atoms with Crippen LogP contribution in [0.1, 0.15) is 59.8 Å². The molecule has 2 aromatic carbocycles. The van der Waals surface area contributed by atoms with Gasteiger partial charge >= 0.3 is 0 Å². The molecule has 1 aliphatic carbocycles. The largest absolute Gasteiger partial charge is 0.309 e. The van der Waals surface area contributed by atoms with E-state index in [4.69, 9.17) is 0 Å². The Morgan fingerprint density at radius 1 is 1.00 bits per heavy atom. The number of nitrogens with zero attached hydrogens (tertiary/aromatic N) is 1. The van der Waals surface area contributed by atoms with Crippen LogP contribution >= 0.6 is 0 Å². The van der Waals surface area contributed by atoms with Crippen molar-refractivity contribution in [3.63, 3.8) is 0 Å². The van der Waals surface area contributed by atoms with Gasteiger partial charge < -0.3 is 4.90 Å². The summed E-state index contributed by atoms with van der Waals surface area (Å²) in [5.74, 6) is 1.32. The summed E-state index contributed by atoms with van der Waals surface area (Å²) < 4.78 is 0. The van der Waals surface area contributed by atoms with Crippen molar-refractivity contribution in [3.8, 4) is 0 Å². The molecule has 0 unspecified atom stereocenters. The normalized spacial score (nSPS) is 20.7. The molecular weight excluding hydrogens is 290 g/mol. The van der Waals surface area contributed by atoms with E-state index < -0.39 is 0 Å². The monoisotopic (exact) mass is 321 g/mol. The molecule has 0 heterocycles. The topological polar surface area (TPSA) is 3.24 Å². The van der Waals surface area contributed by atoms with Crippen LogP contribution < -0.4 is 0 Å². The number of hydrogen-bond acceptors (Lipinski definition) is 1. The first-order valence-electron chi connectivity index (χ1n) is 9.44. The Hall–Kier alpha value is -1.60. The van der Waals surface area contributed by atoms with Crippen LogP contribution in [0.5, 0.6) is 0 Å². The van der Waals surface area contributed by atoms with Gasteiger partial charge in [0, 0.05) is 0 Å². The SMILES string of the molecule is Cc1ccc([C@H]2CCCc3ccccc3[C@@H]2CCCN(C)C)cc1. The lowest BCUT2D eigenvalue weighted by molar-refractivity contribution is 0.371. The van der Waals surface area contributed by atoms with Crippen LogP contribution in [-0.2, 0) is 6.42 Å². The van der Waals surface area contributed by atoms with E-state index in [9.17, 15) is 0 Å². The van der Waals surface area contributed by atoms with Crippen molar-refractivity contribution in [1.82, 2.24) is 4.90 Å². The minimum absolute atomic E-state index is 0.659. The molecule has 0 aromatic heterocycles. The molecule has 0 spiro atoms. The van der Waals surface area contributed by atoms with Crippen molar-refractivity contribution >= 4 is 0 Å². The standard InChI is InChI=1S/C23H31N/c1-18-13-15-20(16-14-18)22-11-6-9-19-8-4-5-10-21(19)23(22)12-7-17-24(2)3/h4-5,8,10,13-16,22-23H,6-7,9,11-12,17H2,1-3H3/t22-,23+/m1/s1. The molecule has 1 nitrogen and oxygen atoms in total. The van der Waals surface area contributed by atoms with Gasteiger partial charge in [-0.3, -0.25) is 0 Å². The zero-order valence-electron chi connectivity index (χ0n) is 15.5. The fourth-order valence-corrected chi connectivity index (χ4v) is 4.25. The van der Waals surface area contributed by atoms with E-state index in [0.29, 0.717) is 11.8 Å². The van der Waals surface area contributed by atoms with Crippen LogP contribution in [0.4, 0.5) is 0 Å². The lowest BCUT2D eigenvalue weighted by Gasteiger charge is -2.28. The van der Waals surface area contributed by atoms with Gasteiger partial charge in [0.05, 0.1) is 0 Å². The van der Waals surface area contributed by atoms with Gasteiger partial charge in [0.15, 0.2) is 0 Å². The maximum Gasteiger partial charge on any atom is -0.00246 e. The Balaban J connectivity index is 1.91. The fourth-order valence-electron chi connectivity index (χ4n) is 4.25. The molecule has 1 heteroatoms. The third kappa shape index (κ3) is 4.08. The minimum atomic E-state index is 0.659. The maximum atomic E-state index is 2.39. The van der Waals surface area contributed by atoms with Crippen molar-refractivity contribution < 1.29 is 0 Å². The Kier molecular flexibility index (Phi) is 5.73. The highest BCUT2D eigenvalue weighted by Gasteiger charge is 2.28. The van der Waals surface area contributed by atoms with Crippen molar-refractivity contribution in [2.45, 2.75) is 50.9 Å². The van der Waals surface area contributed by atoms with Gasteiger partial charge in [0.2, 0.25) is 0 Å². The maximum absolute atomic E-state index is 2.39. The van der Waals surface area contributed by atoms with Gasteiger partial charge in [-0.25, -0.2) is 0 Å². The molecule has 128 valence electrons. The summed E-state index contributed by atoms with van der Waals surface area (Å²) in [5.41, 5.74) is 6.09. The van der Waals surface area contributed by atoms with Crippen molar-refractivity contribution in [3.05, 3.63) is 70.8 Å². The number of fused-ring (bicyclic) bond motifs is 1. The van der Waals surface area contributed by atoms with Crippen molar-refractivity contribution in [2.24, 2.45) is 0 Å². The quantitative estimate of drug-likeness (QED) is 0.653. The molecule has 3 rings (SSSR count). The highest BCUT2D eigenvalue weighted by Crippen LogP contribution is 2.43. The summed E-state index contributed by atoms with van der Waals surface area (Å²) in [5, 5.41) is 0. The molecule has 0 fully saturated rings. The average Bonchev–Trinajstić information content (AvgIpc) is 2.75. The summed E-state index contributed by atoms with van der Waals surface area (Å²) in [7, 11) is 4.36. The van der Waals surface area contributed by atoms with Crippen LogP contribution in [0, 0.1) is 6.92 Å². The van der Waals surface area contributed by atoms with Gasteiger partial charge in [0.1, 0.15) is 0 Å². The van der Waals surface area contributed by atoms with Gasteiger partial charge in [-0.1, -0.05) is 54.1 Å². The van der Waals surface area contributed by atoms with E-state index in [1.165, 1.54) is 49.8 Å². The first kappa shape index (κ1) is 17.2. The number of hydrogen-bond donors (Lipinski definition) is 0. The second-order valence-corrected chi connectivity index (χ2v) is 7.66. The third-order valence-corrected chi connectivity index (χ3v) is 5.53. The Morgan fingerprint density at radius 3 is 2.50 bits per heavy atom. The summed E-state index contributed by atoms with van der Waals surface area (Å²) in [4.78, 5) is 2.31. The van der Waals surface area contributed by atoms with Crippen LogP contribution in [0.3, 0.4) is 0 Å². The van der Waals surface area contributed by atoms with E-state index in [2.05, 4.69) is 74.4 Å². The molecule has 0 N–H and O–H groups in total. The first-order chi connectivity index (χ1) is 11.6. The Morgan fingerprint density at radius 2 is 1.75 bits per heavy atom. The Bertz CT molecular complexity index is 641.